The van der Waals surface area contributed by atoms with Crippen LogP contribution in [0.4, 0.5) is 0 Å². The highest BCUT2D eigenvalue weighted by atomic mass is 16.1. The SMILES string of the molecule is Cc1cccc2c1CCC2(C)N=C=O. The van der Waals surface area contributed by atoms with Gasteiger partial charge >= 0.3 is 0 Å². The van der Waals surface area contributed by atoms with Gasteiger partial charge in [-0.25, -0.2) is 4.79 Å². The van der Waals surface area contributed by atoms with E-state index < -0.39 is 0 Å². The predicted octanol–water partition coefficient (Wildman–Crippen LogP) is 2.49. The Bertz CT molecular complexity index is 418. The number of isocyanates is 1. The Hall–Kier alpha value is -1.40. The van der Waals surface area contributed by atoms with E-state index in [2.05, 4.69) is 24.0 Å². The summed E-state index contributed by atoms with van der Waals surface area (Å²) in [5, 5.41) is 0. The molecule has 72 valence electrons. The minimum atomic E-state index is -0.330. The number of nitrogens with zero attached hydrogens (tertiary/aromatic N) is 1. The quantitative estimate of drug-likeness (QED) is 0.490. The molecule has 1 unspecified atom stereocenters. The van der Waals surface area contributed by atoms with Gasteiger partial charge in [-0.3, -0.25) is 0 Å². The van der Waals surface area contributed by atoms with Crippen LogP contribution >= 0.6 is 0 Å². The average molecular weight is 187 g/mol. The zero-order chi connectivity index (χ0) is 10.2. The molecule has 1 atom stereocenters. The van der Waals surface area contributed by atoms with Crippen LogP contribution in [0.2, 0.25) is 0 Å². The van der Waals surface area contributed by atoms with E-state index >= 15 is 0 Å². The maximum atomic E-state index is 10.4. The fourth-order valence-electron chi connectivity index (χ4n) is 2.26. The van der Waals surface area contributed by atoms with Gasteiger partial charge in [-0.2, -0.15) is 4.99 Å². The van der Waals surface area contributed by atoms with E-state index in [1.165, 1.54) is 16.7 Å². The molecule has 0 saturated carbocycles. The van der Waals surface area contributed by atoms with Crippen LogP contribution in [0.15, 0.2) is 23.2 Å². The fraction of sp³-hybridized carbons (Fsp3) is 0.417. The van der Waals surface area contributed by atoms with Gasteiger partial charge in [0.05, 0.1) is 5.54 Å². The normalized spacial score (nSPS) is 24.1. The third-order valence-electron chi connectivity index (χ3n) is 3.14. The number of hydrogen-bond acceptors (Lipinski definition) is 2. The zero-order valence-corrected chi connectivity index (χ0v) is 8.50. The largest absolute Gasteiger partial charge is 0.235 e. The summed E-state index contributed by atoms with van der Waals surface area (Å²) in [5.74, 6) is 0. The van der Waals surface area contributed by atoms with E-state index in [0.717, 1.165) is 12.8 Å². The Kier molecular flexibility index (Phi) is 2.01. The molecule has 0 spiro atoms. The van der Waals surface area contributed by atoms with Crippen molar-refractivity contribution >= 4 is 6.08 Å². The Morgan fingerprint density at radius 1 is 1.50 bits per heavy atom. The van der Waals surface area contributed by atoms with Gasteiger partial charge in [0.1, 0.15) is 0 Å². The minimum Gasteiger partial charge on any atom is -0.211 e. The molecule has 14 heavy (non-hydrogen) atoms. The summed E-state index contributed by atoms with van der Waals surface area (Å²) in [6.45, 7) is 4.11. The zero-order valence-electron chi connectivity index (χ0n) is 8.50. The van der Waals surface area contributed by atoms with Crippen molar-refractivity contribution in [2.45, 2.75) is 32.2 Å². The van der Waals surface area contributed by atoms with Gasteiger partial charge in [-0.15, -0.1) is 0 Å². The van der Waals surface area contributed by atoms with Crippen LogP contribution in [0.3, 0.4) is 0 Å². The van der Waals surface area contributed by atoms with Crippen LogP contribution in [0, 0.1) is 6.92 Å². The third kappa shape index (κ3) is 1.19. The van der Waals surface area contributed by atoms with Gasteiger partial charge in [0, 0.05) is 0 Å². The van der Waals surface area contributed by atoms with E-state index in [1.807, 2.05) is 13.0 Å². The van der Waals surface area contributed by atoms with Crippen molar-refractivity contribution in [2.75, 3.05) is 0 Å². The molecule has 0 aliphatic heterocycles. The van der Waals surface area contributed by atoms with E-state index in [9.17, 15) is 4.79 Å². The minimum absolute atomic E-state index is 0.330. The molecular weight excluding hydrogens is 174 g/mol. The smallest absolute Gasteiger partial charge is 0.211 e. The molecule has 2 rings (SSSR count). The Morgan fingerprint density at radius 2 is 2.29 bits per heavy atom. The van der Waals surface area contributed by atoms with Crippen LogP contribution < -0.4 is 0 Å². The first kappa shape index (κ1) is 9.17. The van der Waals surface area contributed by atoms with Crippen molar-refractivity contribution in [3.05, 3.63) is 34.9 Å². The first-order valence-electron chi connectivity index (χ1n) is 4.85. The molecule has 0 N–H and O–H groups in total. The lowest BCUT2D eigenvalue weighted by molar-refractivity contribution is 0.482. The van der Waals surface area contributed by atoms with E-state index in [4.69, 9.17) is 0 Å². The highest BCUT2D eigenvalue weighted by Gasteiger charge is 2.34. The van der Waals surface area contributed by atoms with Crippen LogP contribution in [0.25, 0.3) is 0 Å². The van der Waals surface area contributed by atoms with Crippen molar-refractivity contribution < 1.29 is 4.79 Å². The summed E-state index contributed by atoms with van der Waals surface area (Å²) < 4.78 is 0. The summed E-state index contributed by atoms with van der Waals surface area (Å²) in [4.78, 5) is 14.3. The first-order chi connectivity index (χ1) is 6.67. The average Bonchev–Trinajstić information content (AvgIpc) is 2.47. The van der Waals surface area contributed by atoms with Gasteiger partial charge in [0.2, 0.25) is 6.08 Å². The number of aryl methyl sites for hydroxylation is 1. The summed E-state index contributed by atoms with van der Waals surface area (Å²) in [7, 11) is 0. The molecule has 1 aromatic rings. The molecule has 0 bridgehead atoms. The number of rotatable bonds is 1. The van der Waals surface area contributed by atoms with Gasteiger partial charge < -0.3 is 0 Å². The van der Waals surface area contributed by atoms with Crippen molar-refractivity contribution in [2.24, 2.45) is 4.99 Å². The number of hydrogen-bond donors (Lipinski definition) is 0. The van der Waals surface area contributed by atoms with E-state index in [1.54, 1.807) is 6.08 Å². The van der Waals surface area contributed by atoms with Gasteiger partial charge in [0.25, 0.3) is 0 Å². The predicted molar refractivity (Wildman–Crippen MR) is 55.0 cm³/mol. The first-order valence-corrected chi connectivity index (χ1v) is 4.85. The van der Waals surface area contributed by atoms with Gasteiger partial charge in [-0.05, 0) is 43.4 Å². The summed E-state index contributed by atoms with van der Waals surface area (Å²) in [5.41, 5.74) is 3.52. The number of aliphatic imine (C=N–C) groups is 1. The molecule has 2 heteroatoms. The Morgan fingerprint density at radius 3 is 3.00 bits per heavy atom. The number of benzene rings is 1. The molecule has 1 aliphatic rings. The molecule has 0 radical (unpaired) electrons. The second kappa shape index (κ2) is 3.07. The lowest BCUT2D eigenvalue weighted by atomic mass is 9.94. The molecule has 0 saturated heterocycles. The highest BCUT2D eigenvalue weighted by molar-refractivity contribution is 5.46. The lowest BCUT2D eigenvalue weighted by Crippen LogP contribution is -2.14. The van der Waals surface area contributed by atoms with E-state index in [-0.39, 0.29) is 5.54 Å². The van der Waals surface area contributed by atoms with Crippen molar-refractivity contribution in [3.8, 4) is 0 Å². The molecule has 1 aliphatic carbocycles. The fourth-order valence-corrected chi connectivity index (χ4v) is 2.26. The van der Waals surface area contributed by atoms with Gasteiger partial charge in [0.15, 0.2) is 0 Å². The monoisotopic (exact) mass is 187 g/mol. The summed E-state index contributed by atoms with van der Waals surface area (Å²) in [6.07, 6.45) is 3.62. The lowest BCUT2D eigenvalue weighted by Gasteiger charge is -2.17. The molecular formula is C12H13NO. The topological polar surface area (TPSA) is 29.4 Å². The van der Waals surface area contributed by atoms with Crippen LogP contribution in [0.1, 0.15) is 30.0 Å². The summed E-state index contributed by atoms with van der Waals surface area (Å²) in [6, 6.07) is 6.20. The second-order valence-corrected chi connectivity index (χ2v) is 4.08. The Labute approximate surface area is 83.7 Å². The molecule has 0 aromatic heterocycles. The molecule has 1 aromatic carbocycles. The summed E-state index contributed by atoms with van der Waals surface area (Å²) >= 11 is 0. The Balaban J connectivity index is 2.60. The highest BCUT2D eigenvalue weighted by Crippen LogP contribution is 2.40. The van der Waals surface area contributed by atoms with Gasteiger partial charge in [-0.1, -0.05) is 18.2 Å². The van der Waals surface area contributed by atoms with Crippen molar-refractivity contribution in [1.82, 2.24) is 0 Å². The van der Waals surface area contributed by atoms with Crippen LogP contribution in [-0.4, -0.2) is 6.08 Å². The van der Waals surface area contributed by atoms with Crippen molar-refractivity contribution in [1.29, 1.82) is 0 Å². The van der Waals surface area contributed by atoms with Crippen LogP contribution in [-0.2, 0) is 16.8 Å². The molecule has 0 heterocycles. The third-order valence-corrected chi connectivity index (χ3v) is 3.14. The molecule has 0 fully saturated rings. The van der Waals surface area contributed by atoms with Crippen LogP contribution in [0.5, 0.6) is 0 Å². The van der Waals surface area contributed by atoms with Crippen molar-refractivity contribution in [3.63, 3.8) is 0 Å². The maximum absolute atomic E-state index is 10.4. The second-order valence-electron chi connectivity index (χ2n) is 4.08. The number of carbonyl (C=O) groups excluding carboxylic acids is 1. The molecule has 2 nitrogen and oxygen atoms in total. The standard InChI is InChI=1S/C12H13NO/c1-9-4-3-5-11-10(9)6-7-12(11,2)13-8-14/h3-5H,6-7H2,1-2H3. The van der Waals surface area contributed by atoms with E-state index in [0.29, 0.717) is 0 Å². The number of fused-ring (bicyclic) bond motifs is 1. The molecule has 0 amide bonds. The maximum Gasteiger partial charge on any atom is 0.235 e.